The number of carboxylic acid groups (broad SMARTS) is 1. The summed E-state index contributed by atoms with van der Waals surface area (Å²) in [6.45, 7) is 0. The molecule has 0 spiro atoms. The molecule has 4 nitrogen and oxygen atoms in total. The van der Waals surface area contributed by atoms with E-state index in [0.717, 1.165) is 0 Å². The number of pyridine rings is 1. The number of halogens is 3. The first-order valence-electron chi connectivity index (χ1n) is 3.34. The van der Waals surface area contributed by atoms with Gasteiger partial charge in [0.05, 0.1) is 0 Å². The highest BCUT2D eigenvalue weighted by molar-refractivity contribution is 9.10. The Morgan fingerprint density at radius 2 is 2.14 bits per heavy atom. The van der Waals surface area contributed by atoms with Crippen LogP contribution in [0.25, 0.3) is 0 Å². The average Bonchev–Trinajstić information content (AvgIpc) is 2.08. The van der Waals surface area contributed by atoms with Crippen LogP contribution in [0.15, 0.2) is 10.7 Å². The fourth-order valence-corrected chi connectivity index (χ4v) is 1.22. The van der Waals surface area contributed by atoms with Crippen LogP contribution in [0, 0.1) is 0 Å². The van der Waals surface area contributed by atoms with Crippen LogP contribution < -0.4 is 0 Å². The zero-order valence-electron chi connectivity index (χ0n) is 6.54. The van der Waals surface area contributed by atoms with Gasteiger partial charge in [0.1, 0.15) is 15.9 Å². The van der Waals surface area contributed by atoms with Crippen LogP contribution in [-0.4, -0.2) is 21.2 Å². The molecule has 1 aromatic heterocycles. The standard InChI is InChI=1S/C7H4BrF2NO3/c8-5-4(12)2(7(13)14)1-3(11-5)6(9)10/h1,6,12H,(H,13,14). The van der Waals surface area contributed by atoms with Gasteiger partial charge in [-0.1, -0.05) is 0 Å². The van der Waals surface area contributed by atoms with Crippen LogP contribution in [0.5, 0.6) is 5.75 Å². The predicted molar refractivity (Wildman–Crippen MR) is 45.5 cm³/mol. The summed E-state index contributed by atoms with van der Waals surface area (Å²) in [4.78, 5) is 13.8. The lowest BCUT2D eigenvalue weighted by atomic mass is 10.2. The molecule has 14 heavy (non-hydrogen) atoms. The van der Waals surface area contributed by atoms with E-state index >= 15 is 0 Å². The molecule has 0 unspecified atom stereocenters. The number of hydrogen-bond acceptors (Lipinski definition) is 3. The molecule has 0 radical (unpaired) electrons. The Morgan fingerprint density at radius 1 is 1.57 bits per heavy atom. The quantitative estimate of drug-likeness (QED) is 0.806. The fourth-order valence-electron chi connectivity index (χ4n) is 0.801. The van der Waals surface area contributed by atoms with Crippen molar-refractivity contribution in [3.05, 3.63) is 21.9 Å². The van der Waals surface area contributed by atoms with E-state index in [-0.39, 0.29) is 4.60 Å². The lowest BCUT2D eigenvalue weighted by molar-refractivity contribution is 0.0692. The minimum Gasteiger partial charge on any atom is -0.504 e. The van der Waals surface area contributed by atoms with Crippen LogP contribution in [0.2, 0.25) is 0 Å². The van der Waals surface area contributed by atoms with Gasteiger partial charge in [-0.05, 0) is 22.0 Å². The Balaban J connectivity index is 3.35. The summed E-state index contributed by atoms with van der Waals surface area (Å²) >= 11 is 2.68. The highest BCUT2D eigenvalue weighted by Crippen LogP contribution is 2.29. The Kier molecular flexibility index (Phi) is 3.00. The Morgan fingerprint density at radius 3 is 2.57 bits per heavy atom. The number of carbonyl (C=O) groups is 1. The maximum absolute atomic E-state index is 12.2. The van der Waals surface area contributed by atoms with Gasteiger partial charge in [0.15, 0.2) is 5.75 Å². The number of hydrogen-bond donors (Lipinski definition) is 2. The average molecular weight is 268 g/mol. The number of rotatable bonds is 2. The van der Waals surface area contributed by atoms with Gasteiger partial charge >= 0.3 is 5.97 Å². The van der Waals surface area contributed by atoms with Gasteiger partial charge in [0.2, 0.25) is 0 Å². The molecule has 0 amide bonds. The number of nitrogens with zero attached hydrogens (tertiary/aromatic N) is 1. The van der Waals surface area contributed by atoms with Crippen LogP contribution in [0.4, 0.5) is 8.78 Å². The van der Waals surface area contributed by atoms with Crippen molar-refractivity contribution in [2.45, 2.75) is 6.43 Å². The summed E-state index contributed by atoms with van der Waals surface area (Å²) in [6, 6.07) is 0.632. The lowest BCUT2D eigenvalue weighted by Crippen LogP contribution is -2.01. The zero-order valence-corrected chi connectivity index (χ0v) is 8.12. The first kappa shape index (κ1) is 10.8. The molecule has 1 aromatic rings. The van der Waals surface area contributed by atoms with E-state index in [1.807, 2.05) is 0 Å². The van der Waals surface area contributed by atoms with E-state index in [0.29, 0.717) is 6.07 Å². The second-order valence-electron chi connectivity index (χ2n) is 2.34. The molecule has 0 saturated carbocycles. The lowest BCUT2D eigenvalue weighted by Gasteiger charge is -2.04. The van der Waals surface area contributed by atoms with Crippen molar-refractivity contribution in [1.82, 2.24) is 4.98 Å². The maximum Gasteiger partial charge on any atom is 0.339 e. The first-order chi connectivity index (χ1) is 6.43. The molecule has 0 fully saturated rings. The molecule has 0 aliphatic heterocycles. The monoisotopic (exact) mass is 267 g/mol. The molecular weight excluding hydrogens is 264 g/mol. The van der Waals surface area contributed by atoms with E-state index in [9.17, 15) is 13.6 Å². The molecule has 0 saturated heterocycles. The van der Waals surface area contributed by atoms with E-state index in [2.05, 4.69) is 20.9 Å². The third-order valence-corrected chi connectivity index (χ3v) is 1.98. The molecule has 76 valence electrons. The van der Waals surface area contributed by atoms with Crippen molar-refractivity contribution in [3.63, 3.8) is 0 Å². The van der Waals surface area contributed by atoms with Gasteiger partial charge in [-0.15, -0.1) is 0 Å². The smallest absolute Gasteiger partial charge is 0.339 e. The molecular formula is C7H4BrF2NO3. The zero-order chi connectivity index (χ0) is 10.9. The van der Waals surface area contributed by atoms with Gasteiger partial charge in [-0.2, -0.15) is 0 Å². The summed E-state index contributed by atoms with van der Waals surface area (Å²) in [7, 11) is 0. The van der Waals surface area contributed by atoms with Gasteiger partial charge in [0, 0.05) is 0 Å². The van der Waals surface area contributed by atoms with Crippen LogP contribution >= 0.6 is 15.9 Å². The van der Waals surface area contributed by atoms with Crippen molar-refractivity contribution < 1.29 is 23.8 Å². The van der Waals surface area contributed by atoms with Crippen LogP contribution in [0.1, 0.15) is 22.5 Å². The first-order valence-corrected chi connectivity index (χ1v) is 4.13. The Labute approximate surface area is 85.3 Å². The molecule has 1 rings (SSSR count). The van der Waals surface area contributed by atoms with E-state index < -0.39 is 29.4 Å². The molecule has 0 aliphatic carbocycles. The van der Waals surface area contributed by atoms with Crippen molar-refractivity contribution in [2.75, 3.05) is 0 Å². The molecule has 2 N–H and O–H groups in total. The summed E-state index contributed by atoms with van der Waals surface area (Å²) in [5, 5.41) is 17.7. The third kappa shape index (κ3) is 1.98. The second kappa shape index (κ2) is 3.87. The number of aromatic nitrogens is 1. The van der Waals surface area contributed by atoms with Gasteiger partial charge in [0.25, 0.3) is 6.43 Å². The Hall–Kier alpha value is -1.24. The maximum atomic E-state index is 12.2. The highest BCUT2D eigenvalue weighted by Gasteiger charge is 2.19. The van der Waals surface area contributed by atoms with E-state index in [4.69, 9.17) is 10.2 Å². The summed E-state index contributed by atoms with van der Waals surface area (Å²) in [6.07, 6.45) is -2.88. The topological polar surface area (TPSA) is 70.4 Å². The van der Waals surface area contributed by atoms with Crippen LogP contribution in [-0.2, 0) is 0 Å². The summed E-state index contributed by atoms with van der Waals surface area (Å²) in [5.41, 5.74) is -1.31. The Bertz CT molecular complexity index is 383. The molecule has 0 atom stereocenters. The molecule has 0 aliphatic rings. The number of alkyl halides is 2. The van der Waals surface area contributed by atoms with E-state index in [1.165, 1.54) is 0 Å². The summed E-state index contributed by atoms with van der Waals surface area (Å²) in [5.74, 6) is -2.16. The number of aromatic hydroxyl groups is 1. The number of aromatic carboxylic acids is 1. The summed E-state index contributed by atoms with van der Waals surface area (Å²) < 4.78 is 24.0. The van der Waals surface area contributed by atoms with Crippen molar-refractivity contribution in [1.29, 1.82) is 0 Å². The molecule has 0 bridgehead atoms. The predicted octanol–water partition coefficient (Wildman–Crippen LogP) is 2.19. The number of carboxylic acids is 1. The minimum absolute atomic E-state index is 0.312. The SMILES string of the molecule is O=C(O)c1cc(C(F)F)nc(Br)c1O. The minimum atomic E-state index is -2.88. The highest BCUT2D eigenvalue weighted by atomic mass is 79.9. The van der Waals surface area contributed by atoms with Crippen molar-refractivity contribution in [2.24, 2.45) is 0 Å². The third-order valence-electron chi connectivity index (χ3n) is 1.42. The molecule has 0 aromatic carbocycles. The molecule has 1 heterocycles. The normalized spacial score (nSPS) is 10.6. The van der Waals surface area contributed by atoms with Crippen molar-refractivity contribution >= 4 is 21.9 Å². The van der Waals surface area contributed by atoms with Gasteiger partial charge in [-0.25, -0.2) is 18.6 Å². The van der Waals surface area contributed by atoms with Crippen LogP contribution in [0.3, 0.4) is 0 Å². The fraction of sp³-hybridized carbons (Fsp3) is 0.143. The molecule has 7 heteroatoms. The second-order valence-corrected chi connectivity index (χ2v) is 3.09. The van der Waals surface area contributed by atoms with Gasteiger partial charge < -0.3 is 10.2 Å². The van der Waals surface area contributed by atoms with Crippen molar-refractivity contribution in [3.8, 4) is 5.75 Å². The largest absolute Gasteiger partial charge is 0.504 e. The van der Waals surface area contributed by atoms with E-state index in [1.54, 1.807) is 0 Å². The van der Waals surface area contributed by atoms with Gasteiger partial charge in [-0.3, -0.25) is 0 Å².